The second kappa shape index (κ2) is 6.81. The fourth-order valence-corrected chi connectivity index (χ4v) is 5.56. The van der Waals surface area contributed by atoms with E-state index in [0.717, 1.165) is 44.6 Å². The number of hydrogen-bond acceptors (Lipinski definition) is 5. The Kier molecular flexibility index (Phi) is 4.57. The summed E-state index contributed by atoms with van der Waals surface area (Å²) in [6.45, 7) is 2.88. The maximum absolute atomic E-state index is 12.9. The van der Waals surface area contributed by atoms with Crippen LogP contribution in [0.25, 0.3) is 0 Å². The van der Waals surface area contributed by atoms with Crippen LogP contribution in [0, 0.1) is 0 Å². The molecule has 7 heteroatoms. The van der Waals surface area contributed by atoms with Gasteiger partial charge < -0.3 is 10.2 Å². The van der Waals surface area contributed by atoms with Crippen LogP contribution in [0.3, 0.4) is 0 Å². The van der Waals surface area contributed by atoms with Crippen LogP contribution in [0.2, 0.25) is 0 Å². The minimum atomic E-state index is 0.0855. The van der Waals surface area contributed by atoms with Crippen molar-refractivity contribution < 1.29 is 4.79 Å². The molecule has 2 aliphatic heterocycles. The first kappa shape index (κ1) is 15.4. The molecule has 0 aromatic carbocycles. The molecule has 0 spiro atoms. The van der Waals surface area contributed by atoms with Gasteiger partial charge in [-0.25, -0.2) is 4.68 Å². The quantitative estimate of drug-likeness (QED) is 0.891. The lowest BCUT2D eigenvalue weighted by atomic mass is 9.93. The van der Waals surface area contributed by atoms with E-state index in [1.165, 1.54) is 19.3 Å². The summed E-state index contributed by atoms with van der Waals surface area (Å²) >= 11 is 2.05. The van der Waals surface area contributed by atoms with Gasteiger partial charge >= 0.3 is 0 Å². The molecule has 1 aromatic heterocycles. The molecule has 3 heterocycles. The number of hydrogen-bond donors (Lipinski definition) is 1. The van der Waals surface area contributed by atoms with E-state index in [1.807, 2.05) is 22.6 Å². The molecule has 3 aliphatic rings. The molecule has 6 nitrogen and oxygen atoms in total. The highest BCUT2D eigenvalue weighted by Crippen LogP contribution is 2.36. The molecular formula is C16H25N5OS. The summed E-state index contributed by atoms with van der Waals surface area (Å²) in [7, 11) is 0. The van der Waals surface area contributed by atoms with Crippen LogP contribution in [-0.2, 0) is 0 Å². The molecule has 2 saturated heterocycles. The van der Waals surface area contributed by atoms with Crippen molar-refractivity contribution in [1.29, 1.82) is 0 Å². The minimum Gasteiger partial charge on any atom is -0.332 e. The van der Waals surface area contributed by atoms with Gasteiger partial charge in [0, 0.05) is 23.6 Å². The van der Waals surface area contributed by atoms with E-state index in [2.05, 4.69) is 20.5 Å². The Labute approximate surface area is 141 Å². The number of carbonyl (C=O) groups excluding carboxylic acids is 1. The van der Waals surface area contributed by atoms with Crippen molar-refractivity contribution in [2.45, 2.75) is 55.9 Å². The lowest BCUT2D eigenvalue weighted by Gasteiger charge is -2.43. The summed E-state index contributed by atoms with van der Waals surface area (Å²) in [5, 5.41) is 12.4. The van der Waals surface area contributed by atoms with Gasteiger partial charge in [-0.05, 0) is 38.8 Å². The highest BCUT2D eigenvalue weighted by Gasteiger charge is 2.37. The predicted octanol–water partition coefficient (Wildman–Crippen LogP) is 1.70. The summed E-state index contributed by atoms with van der Waals surface area (Å²) in [4.78, 5) is 15.0. The van der Waals surface area contributed by atoms with E-state index in [1.54, 1.807) is 0 Å². The first-order valence-corrected chi connectivity index (χ1v) is 9.93. The number of thioether (sulfide) groups is 1. The number of piperidine rings is 1. The number of nitrogens with one attached hydrogen (secondary N) is 1. The zero-order valence-electron chi connectivity index (χ0n) is 13.5. The van der Waals surface area contributed by atoms with Crippen LogP contribution in [0.15, 0.2) is 6.20 Å². The van der Waals surface area contributed by atoms with Gasteiger partial charge in [-0.3, -0.25) is 4.79 Å². The van der Waals surface area contributed by atoms with Crippen LogP contribution in [0.4, 0.5) is 0 Å². The number of fused-ring (bicyclic) bond motifs is 1. The summed E-state index contributed by atoms with van der Waals surface area (Å²) in [6.07, 6.45) is 8.93. The van der Waals surface area contributed by atoms with E-state index in [-0.39, 0.29) is 5.91 Å². The van der Waals surface area contributed by atoms with E-state index in [4.69, 9.17) is 0 Å². The summed E-state index contributed by atoms with van der Waals surface area (Å²) in [5.74, 6) is 1.14. The normalized spacial score (nSPS) is 29.3. The summed E-state index contributed by atoms with van der Waals surface area (Å²) < 4.78 is 1.91. The second-order valence-corrected chi connectivity index (χ2v) is 8.17. The van der Waals surface area contributed by atoms with Crippen molar-refractivity contribution >= 4 is 17.7 Å². The van der Waals surface area contributed by atoms with Crippen LogP contribution >= 0.6 is 11.8 Å². The Bertz CT molecular complexity index is 554. The van der Waals surface area contributed by atoms with Gasteiger partial charge in [0.05, 0.1) is 12.2 Å². The van der Waals surface area contributed by atoms with Gasteiger partial charge in [0.2, 0.25) is 0 Å². The van der Waals surface area contributed by atoms with Crippen LogP contribution in [-0.4, -0.2) is 62.5 Å². The lowest BCUT2D eigenvalue weighted by Crippen LogP contribution is -2.51. The van der Waals surface area contributed by atoms with Crippen molar-refractivity contribution in [3.63, 3.8) is 0 Å². The third kappa shape index (κ3) is 3.13. The first-order chi connectivity index (χ1) is 11.3. The highest BCUT2D eigenvalue weighted by atomic mass is 32.2. The summed E-state index contributed by atoms with van der Waals surface area (Å²) in [6, 6.07) is 0.781. The highest BCUT2D eigenvalue weighted by molar-refractivity contribution is 8.00. The Balaban J connectivity index is 1.48. The third-order valence-electron chi connectivity index (χ3n) is 5.41. The van der Waals surface area contributed by atoms with E-state index in [0.29, 0.717) is 23.0 Å². The zero-order valence-corrected chi connectivity index (χ0v) is 14.3. The molecule has 2 atom stereocenters. The van der Waals surface area contributed by atoms with Crippen molar-refractivity contribution in [3.8, 4) is 0 Å². The van der Waals surface area contributed by atoms with Crippen LogP contribution < -0.4 is 5.32 Å². The molecule has 1 aromatic rings. The average molecular weight is 335 g/mol. The molecule has 23 heavy (non-hydrogen) atoms. The third-order valence-corrected chi connectivity index (χ3v) is 6.80. The van der Waals surface area contributed by atoms with Gasteiger partial charge in [-0.1, -0.05) is 18.1 Å². The lowest BCUT2D eigenvalue weighted by molar-refractivity contribution is 0.0640. The molecule has 4 rings (SSSR count). The van der Waals surface area contributed by atoms with Gasteiger partial charge in [-0.15, -0.1) is 5.10 Å². The first-order valence-electron chi connectivity index (χ1n) is 8.88. The fourth-order valence-electron chi connectivity index (χ4n) is 4.12. The van der Waals surface area contributed by atoms with Crippen molar-refractivity contribution in [3.05, 3.63) is 11.9 Å². The molecule has 126 valence electrons. The Morgan fingerprint density at radius 2 is 2.04 bits per heavy atom. The molecule has 1 N–H and O–H groups in total. The van der Waals surface area contributed by atoms with E-state index >= 15 is 0 Å². The second-order valence-electron chi connectivity index (χ2n) is 6.82. The maximum Gasteiger partial charge on any atom is 0.276 e. The molecule has 2 unspecified atom stereocenters. The fraction of sp³-hybridized carbons (Fsp3) is 0.812. The van der Waals surface area contributed by atoms with Crippen molar-refractivity contribution in [1.82, 2.24) is 25.2 Å². The predicted molar refractivity (Wildman–Crippen MR) is 90.7 cm³/mol. The number of aromatic nitrogens is 3. The van der Waals surface area contributed by atoms with Crippen molar-refractivity contribution in [2.75, 3.05) is 25.4 Å². The van der Waals surface area contributed by atoms with Gasteiger partial charge in [0.25, 0.3) is 5.91 Å². The number of rotatable bonds is 2. The molecule has 0 bridgehead atoms. The summed E-state index contributed by atoms with van der Waals surface area (Å²) in [5.41, 5.74) is 0.528. The molecule has 3 fully saturated rings. The maximum atomic E-state index is 12.9. The zero-order chi connectivity index (χ0) is 15.6. The topological polar surface area (TPSA) is 63.1 Å². The minimum absolute atomic E-state index is 0.0855. The van der Waals surface area contributed by atoms with Crippen LogP contribution in [0.1, 0.15) is 55.1 Å². The Morgan fingerprint density at radius 1 is 1.22 bits per heavy atom. The van der Waals surface area contributed by atoms with E-state index in [9.17, 15) is 4.79 Å². The Morgan fingerprint density at radius 3 is 2.91 bits per heavy atom. The number of carbonyl (C=O) groups is 1. The smallest absolute Gasteiger partial charge is 0.276 e. The van der Waals surface area contributed by atoms with Crippen molar-refractivity contribution in [2.24, 2.45) is 0 Å². The Hall–Kier alpha value is -1.08. The molecule has 1 amide bonds. The molecular weight excluding hydrogens is 310 g/mol. The monoisotopic (exact) mass is 335 g/mol. The molecule has 1 saturated carbocycles. The van der Waals surface area contributed by atoms with Gasteiger partial charge in [-0.2, -0.15) is 11.8 Å². The molecule has 1 aliphatic carbocycles. The number of nitrogens with zero attached hydrogens (tertiary/aromatic N) is 4. The SMILES string of the molecule is O=C(c1cn(C2CCNCC2)nn1)N1CCSC2CCCCC21. The standard InChI is InChI=1S/C16H25N5OS/c22-16(20-9-10-23-15-4-2-1-3-14(15)20)13-11-21(19-18-13)12-5-7-17-8-6-12/h11-12,14-15,17H,1-10H2. The average Bonchev–Trinajstić information content (AvgIpc) is 3.11. The van der Waals surface area contributed by atoms with Crippen LogP contribution in [0.5, 0.6) is 0 Å². The molecule has 0 radical (unpaired) electrons. The van der Waals surface area contributed by atoms with E-state index < -0.39 is 0 Å². The largest absolute Gasteiger partial charge is 0.332 e. The van der Waals surface area contributed by atoms with Gasteiger partial charge in [0.15, 0.2) is 5.69 Å². The number of amides is 1. The van der Waals surface area contributed by atoms with Gasteiger partial charge in [0.1, 0.15) is 0 Å².